The number of carbonyl (C=O) groups excluding carboxylic acids is 4. The molecule has 0 fully saturated rings. The van der Waals surface area contributed by atoms with Crippen LogP contribution in [0.2, 0.25) is 0 Å². The molecular formula is C20H34N4O6. The fourth-order valence-electron chi connectivity index (χ4n) is 2.13. The maximum atomic E-state index is 13.0. The summed E-state index contributed by atoms with van der Waals surface area (Å²) in [6, 6.07) is 0. The van der Waals surface area contributed by atoms with Crippen molar-refractivity contribution in [2.45, 2.75) is 78.9 Å². The molecule has 2 unspecified atom stereocenters. The Hall–Kier alpha value is -3.04. The van der Waals surface area contributed by atoms with Crippen molar-refractivity contribution in [2.24, 2.45) is 0 Å². The standard InChI is InChI=1S/C20H34N4O6/c1-11-15(25)21-13(3)23(17(27)29-19(5,6)7)24(14(4)22-16(26)12-2)18(28)30-20(8,9)10/h11-14H,1-2H2,3-10H3,(H,21,25)(H,22,26). The van der Waals surface area contributed by atoms with E-state index < -0.39 is 47.5 Å². The Bertz CT molecular complexity index is 620. The van der Waals surface area contributed by atoms with E-state index in [0.717, 1.165) is 22.2 Å². The molecule has 0 aliphatic heterocycles. The number of nitrogens with one attached hydrogen (secondary N) is 2. The van der Waals surface area contributed by atoms with Crippen LogP contribution in [0.1, 0.15) is 55.4 Å². The van der Waals surface area contributed by atoms with E-state index >= 15 is 0 Å². The maximum absolute atomic E-state index is 13.0. The quantitative estimate of drug-likeness (QED) is 0.383. The second-order valence-electron chi connectivity index (χ2n) is 8.43. The van der Waals surface area contributed by atoms with E-state index in [-0.39, 0.29) is 0 Å². The zero-order chi connectivity index (χ0) is 23.9. The summed E-state index contributed by atoms with van der Waals surface area (Å²) in [6.45, 7) is 19.6. The Morgan fingerprint density at radius 1 is 0.733 bits per heavy atom. The van der Waals surface area contributed by atoms with Gasteiger partial charge in [0.15, 0.2) is 0 Å². The van der Waals surface area contributed by atoms with Gasteiger partial charge in [0.2, 0.25) is 11.8 Å². The first-order valence-corrected chi connectivity index (χ1v) is 9.42. The first kappa shape index (κ1) is 27.0. The lowest BCUT2D eigenvalue weighted by Gasteiger charge is -2.42. The van der Waals surface area contributed by atoms with Crippen LogP contribution in [0, 0.1) is 0 Å². The van der Waals surface area contributed by atoms with Crippen LogP contribution >= 0.6 is 0 Å². The van der Waals surface area contributed by atoms with Crippen molar-refractivity contribution < 1.29 is 28.7 Å². The molecule has 4 amide bonds. The van der Waals surface area contributed by atoms with Gasteiger partial charge in [-0.25, -0.2) is 9.59 Å². The van der Waals surface area contributed by atoms with Gasteiger partial charge in [0.1, 0.15) is 23.5 Å². The predicted octanol–water partition coefficient (Wildman–Crippen LogP) is 2.67. The van der Waals surface area contributed by atoms with Gasteiger partial charge in [0.05, 0.1) is 0 Å². The minimum Gasteiger partial charge on any atom is -0.442 e. The second-order valence-corrected chi connectivity index (χ2v) is 8.43. The molecule has 0 aromatic heterocycles. The van der Waals surface area contributed by atoms with Gasteiger partial charge in [-0.05, 0) is 67.5 Å². The van der Waals surface area contributed by atoms with Crippen LogP contribution in [0.3, 0.4) is 0 Å². The van der Waals surface area contributed by atoms with Crippen LogP contribution in [0.25, 0.3) is 0 Å². The van der Waals surface area contributed by atoms with Gasteiger partial charge in [-0.2, -0.15) is 10.0 Å². The minimum absolute atomic E-state index is 0.581. The van der Waals surface area contributed by atoms with Crippen molar-refractivity contribution in [2.75, 3.05) is 0 Å². The molecule has 0 aliphatic carbocycles. The summed E-state index contributed by atoms with van der Waals surface area (Å²) in [5, 5.41) is 6.74. The van der Waals surface area contributed by atoms with E-state index in [1.165, 1.54) is 13.8 Å². The van der Waals surface area contributed by atoms with E-state index in [2.05, 4.69) is 23.8 Å². The van der Waals surface area contributed by atoms with E-state index in [1.54, 1.807) is 41.5 Å². The van der Waals surface area contributed by atoms with E-state index in [0.29, 0.717) is 0 Å². The molecule has 0 heterocycles. The molecule has 2 atom stereocenters. The number of hydrogen-bond donors (Lipinski definition) is 2. The molecule has 0 aliphatic rings. The van der Waals surface area contributed by atoms with Gasteiger partial charge in [0, 0.05) is 0 Å². The summed E-state index contributed by atoms with van der Waals surface area (Å²) in [6.07, 6.45) is -1.95. The molecule has 0 saturated heterocycles. The fraction of sp³-hybridized carbons (Fsp3) is 0.600. The van der Waals surface area contributed by atoms with Gasteiger partial charge < -0.3 is 20.1 Å². The number of hydrazine groups is 1. The second kappa shape index (κ2) is 10.7. The highest BCUT2D eigenvalue weighted by Crippen LogP contribution is 2.19. The monoisotopic (exact) mass is 426 g/mol. The summed E-state index contributed by atoms with van der Waals surface area (Å²) >= 11 is 0. The zero-order valence-electron chi connectivity index (χ0n) is 19.1. The third-order valence-electron chi connectivity index (χ3n) is 3.20. The summed E-state index contributed by atoms with van der Waals surface area (Å²) in [7, 11) is 0. The number of carbonyl (C=O) groups is 4. The largest absolute Gasteiger partial charge is 0.442 e. The molecule has 0 radical (unpaired) electrons. The van der Waals surface area contributed by atoms with Crippen LogP contribution in [-0.4, -0.2) is 57.6 Å². The average Bonchev–Trinajstić information content (AvgIpc) is 2.55. The Labute approximate surface area is 178 Å². The van der Waals surface area contributed by atoms with Crippen molar-refractivity contribution in [3.05, 3.63) is 25.3 Å². The summed E-state index contributed by atoms with van der Waals surface area (Å²) in [5.74, 6) is -1.16. The molecule has 0 rings (SSSR count). The number of nitrogens with zero attached hydrogens (tertiary/aromatic N) is 2. The van der Waals surface area contributed by atoms with Gasteiger partial charge in [-0.1, -0.05) is 13.2 Å². The summed E-state index contributed by atoms with van der Waals surface area (Å²) < 4.78 is 10.8. The van der Waals surface area contributed by atoms with Crippen LogP contribution < -0.4 is 10.6 Å². The summed E-state index contributed by atoms with van der Waals surface area (Å²) in [5.41, 5.74) is -1.80. The minimum atomic E-state index is -1.05. The van der Waals surface area contributed by atoms with E-state index in [1.807, 2.05) is 0 Å². The highest BCUT2D eigenvalue weighted by Gasteiger charge is 2.39. The smallest absolute Gasteiger partial charge is 0.431 e. The molecule has 0 spiro atoms. The van der Waals surface area contributed by atoms with Gasteiger partial charge in [-0.15, -0.1) is 0 Å². The lowest BCUT2D eigenvalue weighted by Crippen LogP contribution is -2.65. The van der Waals surface area contributed by atoms with E-state index in [9.17, 15) is 19.2 Å². The third-order valence-corrected chi connectivity index (χ3v) is 3.20. The third kappa shape index (κ3) is 9.44. The molecular weight excluding hydrogens is 392 g/mol. The zero-order valence-corrected chi connectivity index (χ0v) is 19.1. The van der Waals surface area contributed by atoms with Crippen LogP contribution in [0.15, 0.2) is 25.3 Å². The highest BCUT2D eigenvalue weighted by molar-refractivity contribution is 5.88. The van der Waals surface area contributed by atoms with Crippen LogP contribution in [0.4, 0.5) is 9.59 Å². The van der Waals surface area contributed by atoms with E-state index in [4.69, 9.17) is 9.47 Å². The van der Waals surface area contributed by atoms with Crippen LogP contribution in [0.5, 0.6) is 0 Å². The Balaban J connectivity index is 6.30. The normalized spacial score (nSPS) is 13.2. The average molecular weight is 427 g/mol. The predicted molar refractivity (Wildman–Crippen MR) is 112 cm³/mol. The number of ether oxygens (including phenoxy) is 2. The molecule has 10 nitrogen and oxygen atoms in total. The van der Waals surface area contributed by atoms with Crippen molar-refractivity contribution in [3.8, 4) is 0 Å². The van der Waals surface area contributed by atoms with Crippen molar-refractivity contribution in [3.63, 3.8) is 0 Å². The molecule has 0 saturated carbocycles. The number of hydrogen-bond acceptors (Lipinski definition) is 6. The highest BCUT2D eigenvalue weighted by atomic mass is 16.6. The van der Waals surface area contributed by atoms with Gasteiger partial charge in [0.25, 0.3) is 0 Å². The fourth-order valence-corrected chi connectivity index (χ4v) is 2.13. The SMILES string of the molecule is C=CC(=O)NC(C)N(C(=O)OC(C)(C)C)N(C(=O)OC(C)(C)C)C(C)NC(=O)C=C. The maximum Gasteiger partial charge on any atom is 0.431 e. The molecule has 2 N–H and O–H groups in total. The Morgan fingerprint density at radius 2 is 1.00 bits per heavy atom. The first-order chi connectivity index (χ1) is 13.5. The Kier molecular flexibility index (Phi) is 9.58. The Morgan fingerprint density at radius 3 is 1.20 bits per heavy atom. The molecule has 10 heteroatoms. The van der Waals surface area contributed by atoms with Crippen molar-refractivity contribution >= 4 is 24.0 Å². The lowest BCUT2D eigenvalue weighted by atomic mass is 10.2. The molecule has 30 heavy (non-hydrogen) atoms. The summed E-state index contributed by atoms with van der Waals surface area (Å²) in [4.78, 5) is 49.6. The van der Waals surface area contributed by atoms with Crippen LogP contribution in [-0.2, 0) is 19.1 Å². The molecule has 0 aromatic carbocycles. The first-order valence-electron chi connectivity index (χ1n) is 9.42. The number of rotatable bonds is 6. The van der Waals surface area contributed by atoms with Gasteiger partial charge in [-0.3, -0.25) is 9.59 Å². The van der Waals surface area contributed by atoms with Gasteiger partial charge >= 0.3 is 12.2 Å². The van der Waals surface area contributed by atoms with Crippen molar-refractivity contribution in [1.29, 1.82) is 0 Å². The lowest BCUT2D eigenvalue weighted by molar-refractivity contribution is -0.130. The van der Waals surface area contributed by atoms with Crippen molar-refractivity contribution in [1.82, 2.24) is 20.7 Å². The molecule has 0 aromatic rings. The molecule has 0 bridgehead atoms. The number of amides is 4. The topological polar surface area (TPSA) is 117 Å². The molecule has 170 valence electrons.